The molecule has 4 heteroatoms. The Morgan fingerprint density at radius 2 is 2.15 bits per heavy atom. The Morgan fingerprint density at radius 3 is 2.85 bits per heavy atom. The Hall–Kier alpha value is -1.55. The molecule has 0 spiro atoms. The van der Waals surface area contributed by atoms with Gasteiger partial charge >= 0.3 is 5.97 Å². The predicted molar refractivity (Wildman–Crippen MR) is 81.1 cm³/mol. The fourth-order valence-electron chi connectivity index (χ4n) is 2.49. The number of nitrogens with zero attached hydrogens (tertiary/aromatic N) is 1. The molecule has 0 amide bonds. The van der Waals surface area contributed by atoms with Gasteiger partial charge in [-0.3, -0.25) is 9.78 Å². The second kappa shape index (κ2) is 5.09. The molecule has 0 saturated heterocycles. The van der Waals surface area contributed by atoms with Gasteiger partial charge in [0.2, 0.25) is 0 Å². The van der Waals surface area contributed by atoms with E-state index in [1.54, 1.807) is 11.8 Å². The Balaban J connectivity index is 1.83. The highest BCUT2D eigenvalue weighted by atomic mass is 32.2. The van der Waals surface area contributed by atoms with Gasteiger partial charge in [-0.1, -0.05) is 18.2 Å². The average Bonchev–Trinajstić information content (AvgIpc) is 3.15. The molecule has 3 nitrogen and oxygen atoms in total. The van der Waals surface area contributed by atoms with Gasteiger partial charge in [-0.2, -0.15) is 0 Å². The molecular weight excluding hydrogens is 270 g/mol. The number of fused-ring (bicyclic) bond motifs is 1. The monoisotopic (exact) mass is 287 g/mol. The number of rotatable bonds is 5. The average molecular weight is 287 g/mol. The number of benzene rings is 1. The number of aryl methyl sites for hydroxylation is 1. The van der Waals surface area contributed by atoms with E-state index in [2.05, 4.69) is 17.1 Å². The molecule has 1 aliphatic rings. The predicted octanol–water partition coefficient (Wildman–Crippen LogP) is 3.89. The van der Waals surface area contributed by atoms with Crippen molar-refractivity contribution in [2.45, 2.75) is 31.1 Å². The molecule has 0 radical (unpaired) electrons. The molecule has 1 saturated carbocycles. The van der Waals surface area contributed by atoms with E-state index in [1.165, 1.54) is 4.90 Å². The normalized spacial score (nSPS) is 16.2. The molecule has 1 heterocycles. The first-order valence-electron chi connectivity index (χ1n) is 6.79. The fraction of sp³-hybridized carbons (Fsp3) is 0.375. The Kier molecular flexibility index (Phi) is 3.42. The van der Waals surface area contributed by atoms with Gasteiger partial charge in [-0.25, -0.2) is 0 Å². The zero-order valence-electron chi connectivity index (χ0n) is 11.4. The summed E-state index contributed by atoms with van der Waals surface area (Å²) in [5.74, 6) is 0.200. The minimum atomic E-state index is -0.682. The highest BCUT2D eigenvalue weighted by Crippen LogP contribution is 2.52. The maximum absolute atomic E-state index is 10.9. The van der Waals surface area contributed by atoms with Crippen molar-refractivity contribution in [2.24, 2.45) is 5.41 Å². The quantitative estimate of drug-likeness (QED) is 0.848. The van der Waals surface area contributed by atoms with Gasteiger partial charge in [0, 0.05) is 21.7 Å². The van der Waals surface area contributed by atoms with Crippen molar-refractivity contribution < 1.29 is 9.90 Å². The van der Waals surface area contributed by atoms with Crippen molar-refractivity contribution in [3.63, 3.8) is 0 Å². The van der Waals surface area contributed by atoms with Crippen LogP contribution in [-0.4, -0.2) is 21.8 Å². The number of carboxylic acids is 1. The number of pyridine rings is 1. The SMILES string of the molecule is Cc1cc(SCC2(CC(=O)O)CC2)c2ccccc2n1. The fourth-order valence-corrected chi connectivity index (χ4v) is 3.92. The summed E-state index contributed by atoms with van der Waals surface area (Å²) in [6.07, 6.45) is 2.37. The van der Waals surface area contributed by atoms with Crippen LogP contribution in [0, 0.1) is 12.3 Å². The van der Waals surface area contributed by atoms with Gasteiger partial charge in [0.1, 0.15) is 0 Å². The van der Waals surface area contributed by atoms with Crippen LogP contribution in [0.15, 0.2) is 35.2 Å². The van der Waals surface area contributed by atoms with Gasteiger partial charge < -0.3 is 5.11 Å². The van der Waals surface area contributed by atoms with Crippen LogP contribution < -0.4 is 0 Å². The number of thioether (sulfide) groups is 1. The van der Waals surface area contributed by atoms with E-state index in [0.29, 0.717) is 6.42 Å². The van der Waals surface area contributed by atoms with Crippen molar-refractivity contribution >= 4 is 28.6 Å². The van der Waals surface area contributed by atoms with Crippen LogP contribution in [-0.2, 0) is 4.79 Å². The zero-order chi connectivity index (χ0) is 14.2. The first kappa shape index (κ1) is 13.4. The highest BCUT2D eigenvalue weighted by Gasteiger charge is 2.44. The molecule has 1 fully saturated rings. The molecule has 0 unspecified atom stereocenters. The lowest BCUT2D eigenvalue weighted by Gasteiger charge is -2.13. The number of hydrogen-bond acceptors (Lipinski definition) is 3. The van der Waals surface area contributed by atoms with Crippen LogP contribution >= 0.6 is 11.8 Å². The summed E-state index contributed by atoms with van der Waals surface area (Å²) < 4.78 is 0. The maximum Gasteiger partial charge on any atom is 0.303 e. The number of hydrogen-bond donors (Lipinski definition) is 1. The Morgan fingerprint density at radius 1 is 1.40 bits per heavy atom. The third-order valence-corrected chi connectivity index (χ3v) is 5.23. The van der Waals surface area contributed by atoms with Crippen molar-refractivity contribution in [3.05, 3.63) is 36.0 Å². The molecule has 2 aromatic rings. The maximum atomic E-state index is 10.9. The molecule has 20 heavy (non-hydrogen) atoms. The third kappa shape index (κ3) is 2.80. The largest absolute Gasteiger partial charge is 0.481 e. The topological polar surface area (TPSA) is 50.2 Å². The van der Waals surface area contributed by atoms with E-state index >= 15 is 0 Å². The number of para-hydroxylation sites is 1. The van der Waals surface area contributed by atoms with Crippen LogP contribution in [0.5, 0.6) is 0 Å². The Bertz CT molecular complexity index is 665. The molecule has 0 atom stereocenters. The van der Waals surface area contributed by atoms with Crippen LogP contribution in [0.1, 0.15) is 25.0 Å². The Labute approximate surface area is 122 Å². The van der Waals surface area contributed by atoms with Crippen LogP contribution in [0.2, 0.25) is 0 Å². The highest BCUT2D eigenvalue weighted by molar-refractivity contribution is 7.99. The molecule has 0 aliphatic heterocycles. The minimum absolute atomic E-state index is 0.0226. The van der Waals surface area contributed by atoms with E-state index in [-0.39, 0.29) is 5.41 Å². The van der Waals surface area contributed by atoms with E-state index in [0.717, 1.165) is 35.2 Å². The summed E-state index contributed by atoms with van der Waals surface area (Å²) in [7, 11) is 0. The van der Waals surface area contributed by atoms with Crippen LogP contribution in [0.4, 0.5) is 0 Å². The standard InChI is InChI=1S/C16H17NO2S/c1-11-8-14(12-4-2-3-5-13(12)17-11)20-10-16(6-7-16)9-15(18)19/h2-5,8H,6-7,9-10H2,1H3,(H,18,19). The summed E-state index contributed by atoms with van der Waals surface area (Å²) in [6, 6.07) is 10.2. The summed E-state index contributed by atoms with van der Waals surface area (Å²) in [5, 5.41) is 10.1. The zero-order valence-corrected chi connectivity index (χ0v) is 12.2. The van der Waals surface area contributed by atoms with Crippen molar-refractivity contribution in [1.29, 1.82) is 0 Å². The first-order valence-corrected chi connectivity index (χ1v) is 7.78. The van der Waals surface area contributed by atoms with Crippen LogP contribution in [0.3, 0.4) is 0 Å². The second-order valence-electron chi connectivity index (χ2n) is 5.64. The lowest BCUT2D eigenvalue weighted by molar-refractivity contribution is -0.138. The van der Waals surface area contributed by atoms with Gasteiger partial charge in [-0.15, -0.1) is 11.8 Å². The van der Waals surface area contributed by atoms with Gasteiger partial charge in [0.05, 0.1) is 11.9 Å². The van der Waals surface area contributed by atoms with E-state index in [4.69, 9.17) is 5.11 Å². The molecule has 1 aromatic heterocycles. The van der Waals surface area contributed by atoms with Crippen molar-refractivity contribution in [2.75, 3.05) is 5.75 Å². The molecule has 1 N–H and O–H groups in total. The van der Waals surface area contributed by atoms with E-state index in [1.807, 2.05) is 25.1 Å². The lowest BCUT2D eigenvalue weighted by Crippen LogP contribution is -2.11. The van der Waals surface area contributed by atoms with Crippen molar-refractivity contribution in [1.82, 2.24) is 4.98 Å². The first-order chi connectivity index (χ1) is 9.58. The molecular formula is C16H17NO2S. The molecule has 1 aromatic carbocycles. The number of aliphatic carboxylic acids is 1. The summed E-state index contributed by atoms with van der Waals surface area (Å²) in [4.78, 5) is 16.7. The summed E-state index contributed by atoms with van der Waals surface area (Å²) in [6.45, 7) is 2.00. The van der Waals surface area contributed by atoms with Crippen LogP contribution in [0.25, 0.3) is 10.9 Å². The second-order valence-corrected chi connectivity index (χ2v) is 6.66. The summed E-state index contributed by atoms with van der Waals surface area (Å²) >= 11 is 1.77. The van der Waals surface area contributed by atoms with Gasteiger partial charge in [0.25, 0.3) is 0 Å². The van der Waals surface area contributed by atoms with E-state index in [9.17, 15) is 4.79 Å². The molecule has 104 valence electrons. The third-order valence-electron chi connectivity index (χ3n) is 3.82. The molecule has 0 bridgehead atoms. The number of carboxylic acid groups (broad SMARTS) is 1. The molecule has 3 rings (SSSR count). The van der Waals surface area contributed by atoms with E-state index < -0.39 is 5.97 Å². The lowest BCUT2D eigenvalue weighted by atomic mass is 10.1. The minimum Gasteiger partial charge on any atom is -0.481 e. The van der Waals surface area contributed by atoms with Gasteiger partial charge in [-0.05, 0) is 37.3 Å². The number of carbonyl (C=O) groups is 1. The summed E-state index contributed by atoms with van der Waals surface area (Å²) in [5.41, 5.74) is 2.04. The smallest absolute Gasteiger partial charge is 0.303 e. The number of aromatic nitrogens is 1. The molecule has 1 aliphatic carbocycles. The van der Waals surface area contributed by atoms with Gasteiger partial charge in [0.15, 0.2) is 0 Å². The van der Waals surface area contributed by atoms with Crippen molar-refractivity contribution in [3.8, 4) is 0 Å².